The lowest BCUT2D eigenvalue weighted by molar-refractivity contribution is -0.142. The van der Waals surface area contributed by atoms with Gasteiger partial charge in [0.15, 0.2) is 0 Å². The van der Waals surface area contributed by atoms with Crippen LogP contribution >= 0.6 is 15.9 Å². The van der Waals surface area contributed by atoms with Crippen LogP contribution in [0.1, 0.15) is 11.5 Å². The van der Waals surface area contributed by atoms with Gasteiger partial charge in [-0.3, -0.25) is 4.79 Å². The zero-order chi connectivity index (χ0) is 11.3. The molecule has 0 aliphatic carbocycles. The van der Waals surface area contributed by atoms with Crippen molar-refractivity contribution in [1.82, 2.24) is 5.32 Å². The van der Waals surface area contributed by atoms with Crippen molar-refractivity contribution in [2.75, 3.05) is 20.7 Å². The van der Waals surface area contributed by atoms with Crippen molar-refractivity contribution >= 4 is 21.9 Å². The van der Waals surface area contributed by atoms with E-state index in [2.05, 4.69) is 21.2 Å². The first kappa shape index (κ1) is 12.2. The molecule has 0 aliphatic heterocycles. The Hall–Kier alpha value is -0.870. The fourth-order valence-corrected chi connectivity index (χ4v) is 1.64. The number of esters is 1. The number of nitrogens with one attached hydrogen (secondary N) is 1. The minimum absolute atomic E-state index is 0.216. The second kappa shape index (κ2) is 5.88. The smallest absolute Gasteiger partial charge is 0.314 e. The Labute approximate surface area is 97.9 Å². The number of methoxy groups -OCH3 is 1. The first-order valence-corrected chi connectivity index (χ1v) is 5.46. The van der Waals surface area contributed by atoms with Crippen molar-refractivity contribution < 1.29 is 9.53 Å². The number of ether oxygens (including phenoxy) is 1. The summed E-state index contributed by atoms with van der Waals surface area (Å²) in [5.74, 6) is -0.459. The molecule has 3 nitrogen and oxygen atoms in total. The van der Waals surface area contributed by atoms with Gasteiger partial charge in [-0.05, 0) is 24.7 Å². The molecule has 1 rings (SSSR count). The Morgan fingerprint density at radius 3 is 2.53 bits per heavy atom. The van der Waals surface area contributed by atoms with Crippen LogP contribution in [0.2, 0.25) is 0 Å². The topological polar surface area (TPSA) is 38.3 Å². The number of hydrogen-bond acceptors (Lipinski definition) is 3. The standard InChI is InChI=1S/C11H14BrNO2/c1-13-7-10(11(14)15-2)8-3-5-9(12)6-4-8/h3-6,10,13H,7H2,1-2H3/t10-/m1/s1. The molecule has 0 amide bonds. The summed E-state index contributed by atoms with van der Waals surface area (Å²) in [6.45, 7) is 0.578. The molecule has 0 heterocycles. The van der Waals surface area contributed by atoms with Gasteiger partial charge in [-0.15, -0.1) is 0 Å². The minimum Gasteiger partial charge on any atom is -0.469 e. The van der Waals surface area contributed by atoms with Gasteiger partial charge in [0.1, 0.15) is 0 Å². The third-order valence-electron chi connectivity index (χ3n) is 2.17. The summed E-state index contributed by atoms with van der Waals surface area (Å²) in [7, 11) is 3.22. The lowest BCUT2D eigenvalue weighted by Gasteiger charge is -2.14. The molecule has 0 fully saturated rings. The summed E-state index contributed by atoms with van der Waals surface area (Å²) in [4.78, 5) is 11.5. The van der Waals surface area contributed by atoms with Crippen molar-refractivity contribution in [3.05, 3.63) is 34.3 Å². The number of rotatable bonds is 4. The second-order valence-electron chi connectivity index (χ2n) is 3.18. The molecule has 1 aromatic carbocycles. The van der Waals surface area contributed by atoms with E-state index >= 15 is 0 Å². The molecule has 0 aliphatic rings. The molecule has 0 spiro atoms. The third-order valence-corrected chi connectivity index (χ3v) is 2.69. The molecule has 0 radical (unpaired) electrons. The largest absolute Gasteiger partial charge is 0.469 e. The van der Waals surface area contributed by atoms with E-state index in [-0.39, 0.29) is 11.9 Å². The third kappa shape index (κ3) is 3.32. The van der Waals surface area contributed by atoms with Gasteiger partial charge in [-0.2, -0.15) is 0 Å². The molecular formula is C11H14BrNO2. The first-order valence-electron chi connectivity index (χ1n) is 4.67. The monoisotopic (exact) mass is 271 g/mol. The quantitative estimate of drug-likeness (QED) is 0.851. The van der Waals surface area contributed by atoms with Crippen LogP contribution in [0.3, 0.4) is 0 Å². The summed E-state index contributed by atoms with van der Waals surface area (Å²) in [6.07, 6.45) is 0. The van der Waals surface area contributed by atoms with Crippen LogP contribution in [0.15, 0.2) is 28.7 Å². The van der Waals surface area contributed by atoms with Gasteiger partial charge in [-0.1, -0.05) is 28.1 Å². The maximum absolute atomic E-state index is 11.5. The van der Waals surface area contributed by atoms with Crippen LogP contribution in [-0.4, -0.2) is 26.7 Å². The minimum atomic E-state index is -0.243. The number of hydrogen-bond donors (Lipinski definition) is 1. The van der Waals surface area contributed by atoms with Gasteiger partial charge in [0.2, 0.25) is 0 Å². The number of likely N-dealkylation sites (N-methyl/N-ethyl adjacent to an activating group) is 1. The van der Waals surface area contributed by atoms with E-state index in [1.165, 1.54) is 7.11 Å². The van der Waals surface area contributed by atoms with E-state index in [0.717, 1.165) is 10.0 Å². The van der Waals surface area contributed by atoms with Gasteiger partial charge in [-0.25, -0.2) is 0 Å². The van der Waals surface area contributed by atoms with E-state index < -0.39 is 0 Å². The van der Waals surface area contributed by atoms with Crippen molar-refractivity contribution in [2.24, 2.45) is 0 Å². The highest BCUT2D eigenvalue weighted by Crippen LogP contribution is 2.19. The molecule has 82 valence electrons. The maximum atomic E-state index is 11.5. The Balaban J connectivity index is 2.88. The van der Waals surface area contributed by atoms with E-state index in [1.807, 2.05) is 31.3 Å². The predicted molar refractivity (Wildman–Crippen MR) is 62.8 cm³/mol. The molecule has 0 bridgehead atoms. The number of carbonyl (C=O) groups excluding carboxylic acids is 1. The molecular weight excluding hydrogens is 258 g/mol. The number of benzene rings is 1. The molecule has 4 heteroatoms. The van der Waals surface area contributed by atoms with Crippen molar-refractivity contribution in [3.63, 3.8) is 0 Å². The molecule has 15 heavy (non-hydrogen) atoms. The molecule has 0 saturated heterocycles. The molecule has 0 unspecified atom stereocenters. The average molecular weight is 272 g/mol. The van der Waals surface area contributed by atoms with Crippen molar-refractivity contribution in [1.29, 1.82) is 0 Å². The van der Waals surface area contributed by atoms with Gasteiger partial charge >= 0.3 is 5.97 Å². The summed E-state index contributed by atoms with van der Waals surface area (Å²) in [5.41, 5.74) is 0.958. The molecule has 1 atom stereocenters. The maximum Gasteiger partial charge on any atom is 0.314 e. The molecule has 1 aromatic rings. The highest BCUT2D eigenvalue weighted by atomic mass is 79.9. The SMILES string of the molecule is CNC[C@@H](C(=O)OC)c1ccc(Br)cc1. The molecule has 1 N–H and O–H groups in total. The van der Waals surface area contributed by atoms with Crippen LogP contribution in [0.5, 0.6) is 0 Å². The van der Waals surface area contributed by atoms with Crippen LogP contribution < -0.4 is 5.32 Å². The van der Waals surface area contributed by atoms with Gasteiger partial charge in [0.05, 0.1) is 13.0 Å². The first-order chi connectivity index (χ1) is 7.19. The van der Waals surface area contributed by atoms with E-state index in [4.69, 9.17) is 4.74 Å². The Morgan fingerprint density at radius 2 is 2.07 bits per heavy atom. The Bertz CT molecular complexity index is 324. The Kier molecular flexibility index (Phi) is 4.78. The highest BCUT2D eigenvalue weighted by molar-refractivity contribution is 9.10. The van der Waals surface area contributed by atoms with Gasteiger partial charge in [0.25, 0.3) is 0 Å². The molecule has 0 saturated carbocycles. The fraction of sp³-hybridized carbons (Fsp3) is 0.364. The van der Waals surface area contributed by atoms with Crippen molar-refractivity contribution in [2.45, 2.75) is 5.92 Å². The zero-order valence-electron chi connectivity index (χ0n) is 8.79. The predicted octanol–water partition coefficient (Wildman–Crippen LogP) is 1.93. The summed E-state index contributed by atoms with van der Waals surface area (Å²) < 4.78 is 5.76. The zero-order valence-corrected chi connectivity index (χ0v) is 10.4. The Morgan fingerprint density at radius 1 is 1.47 bits per heavy atom. The van der Waals surface area contributed by atoms with Gasteiger partial charge < -0.3 is 10.1 Å². The molecule has 0 aromatic heterocycles. The lowest BCUT2D eigenvalue weighted by atomic mass is 9.99. The van der Waals surface area contributed by atoms with Crippen LogP contribution in [0, 0.1) is 0 Å². The summed E-state index contributed by atoms with van der Waals surface area (Å²) in [6, 6.07) is 7.67. The van der Waals surface area contributed by atoms with E-state index in [1.54, 1.807) is 0 Å². The average Bonchev–Trinajstić information content (AvgIpc) is 2.26. The summed E-state index contributed by atoms with van der Waals surface area (Å²) >= 11 is 3.36. The van der Waals surface area contributed by atoms with E-state index in [9.17, 15) is 4.79 Å². The van der Waals surface area contributed by atoms with Crippen molar-refractivity contribution in [3.8, 4) is 0 Å². The highest BCUT2D eigenvalue weighted by Gasteiger charge is 2.20. The number of halogens is 1. The summed E-state index contributed by atoms with van der Waals surface area (Å²) in [5, 5.41) is 2.98. The van der Waals surface area contributed by atoms with E-state index in [0.29, 0.717) is 6.54 Å². The van der Waals surface area contributed by atoms with Crippen LogP contribution in [0.4, 0.5) is 0 Å². The van der Waals surface area contributed by atoms with Crippen LogP contribution in [-0.2, 0) is 9.53 Å². The number of carbonyl (C=O) groups is 1. The van der Waals surface area contributed by atoms with Crippen LogP contribution in [0.25, 0.3) is 0 Å². The lowest BCUT2D eigenvalue weighted by Crippen LogP contribution is -2.25. The fourth-order valence-electron chi connectivity index (χ4n) is 1.38. The normalized spacial score (nSPS) is 12.2. The second-order valence-corrected chi connectivity index (χ2v) is 4.10. The van der Waals surface area contributed by atoms with Gasteiger partial charge in [0, 0.05) is 11.0 Å².